The number of benzene rings is 1. The number of carbonyl (C=O) groups excluding carboxylic acids is 1. The summed E-state index contributed by atoms with van der Waals surface area (Å²) in [6.07, 6.45) is 2.46. The van der Waals surface area contributed by atoms with E-state index in [1.54, 1.807) is 6.07 Å². The molecule has 1 fully saturated rings. The van der Waals surface area contributed by atoms with Crippen LogP contribution >= 0.6 is 0 Å². The van der Waals surface area contributed by atoms with E-state index in [0.717, 1.165) is 30.5 Å². The summed E-state index contributed by atoms with van der Waals surface area (Å²) in [5.74, 6) is -0.123. The van der Waals surface area contributed by atoms with Gasteiger partial charge in [-0.15, -0.1) is 0 Å². The van der Waals surface area contributed by atoms with Gasteiger partial charge in [0.25, 0.3) is 0 Å². The third-order valence-electron chi connectivity index (χ3n) is 4.18. The summed E-state index contributed by atoms with van der Waals surface area (Å²) >= 11 is 0. The van der Waals surface area contributed by atoms with Crippen LogP contribution in [0.5, 0.6) is 0 Å². The Balaban J connectivity index is 2.16. The normalized spacial score (nSPS) is 19.0. The molecular weight excluding hydrogens is 255 g/mol. The topological polar surface area (TPSA) is 46.3 Å². The van der Waals surface area contributed by atoms with E-state index in [2.05, 4.69) is 13.8 Å². The van der Waals surface area contributed by atoms with Crippen LogP contribution in [-0.4, -0.2) is 17.4 Å². The van der Waals surface area contributed by atoms with Gasteiger partial charge in [-0.2, -0.15) is 0 Å². The lowest BCUT2D eigenvalue weighted by Gasteiger charge is -2.24. The van der Waals surface area contributed by atoms with Crippen LogP contribution in [0.25, 0.3) is 0 Å². The first-order chi connectivity index (χ1) is 9.41. The number of likely N-dealkylation sites (tertiary alicyclic amines) is 1. The summed E-state index contributed by atoms with van der Waals surface area (Å²) in [5, 5.41) is 0. The summed E-state index contributed by atoms with van der Waals surface area (Å²) in [7, 11) is 0. The monoisotopic (exact) mass is 278 g/mol. The Morgan fingerprint density at radius 1 is 1.30 bits per heavy atom. The van der Waals surface area contributed by atoms with Crippen LogP contribution in [0.4, 0.5) is 4.39 Å². The van der Waals surface area contributed by atoms with E-state index in [4.69, 9.17) is 5.73 Å². The van der Waals surface area contributed by atoms with E-state index < -0.39 is 0 Å². The summed E-state index contributed by atoms with van der Waals surface area (Å²) in [5.41, 5.74) is 7.61. The lowest BCUT2D eigenvalue weighted by molar-refractivity contribution is -0.131. The zero-order chi connectivity index (χ0) is 14.8. The lowest BCUT2D eigenvalue weighted by Crippen LogP contribution is -2.30. The third-order valence-corrected chi connectivity index (χ3v) is 4.18. The molecule has 0 aliphatic carbocycles. The number of carbonyl (C=O) groups is 1. The molecule has 1 aromatic carbocycles. The van der Waals surface area contributed by atoms with E-state index in [1.165, 1.54) is 12.1 Å². The van der Waals surface area contributed by atoms with Crippen molar-refractivity contribution in [2.45, 2.75) is 46.2 Å². The zero-order valence-corrected chi connectivity index (χ0v) is 12.3. The maximum atomic E-state index is 13.4. The highest BCUT2D eigenvalue weighted by atomic mass is 19.1. The number of nitrogens with zero attached hydrogens (tertiary/aromatic N) is 1. The smallest absolute Gasteiger partial charge is 0.222 e. The molecule has 1 aromatic rings. The Labute approximate surface area is 120 Å². The van der Waals surface area contributed by atoms with Crippen molar-refractivity contribution in [2.75, 3.05) is 6.54 Å². The molecule has 3 nitrogen and oxygen atoms in total. The Morgan fingerprint density at radius 2 is 2.05 bits per heavy atom. The van der Waals surface area contributed by atoms with Crippen molar-refractivity contribution in [3.05, 3.63) is 35.1 Å². The highest BCUT2D eigenvalue weighted by molar-refractivity contribution is 5.76. The number of nitrogens with two attached hydrogens (primary N) is 1. The van der Waals surface area contributed by atoms with E-state index in [0.29, 0.717) is 19.5 Å². The first-order valence-electron chi connectivity index (χ1n) is 7.16. The predicted molar refractivity (Wildman–Crippen MR) is 77.3 cm³/mol. The number of halogens is 1. The molecule has 0 bridgehead atoms. The maximum Gasteiger partial charge on any atom is 0.222 e. The SMILES string of the molecule is CC1(C)CCC(=O)N(Cc2cc(F)ccc2CN)CC1. The van der Waals surface area contributed by atoms with Crippen LogP contribution in [0.2, 0.25) is 0 Å². The van der Waals surface area contributed by atoms with Gasteiger partial charge in [0.15, 0.2) is 0 Å². The molecule has 4 heteroatoms. The maximum absolute atomic E-state index is 13.4. The fourth-order valence-corrected chi connectivity index (χ4v) is 2.60. The quantitative estimate of drug-likeness (QED) is 0.924. The van der Waals surface area contributed by atoms with Gasteiger partial charge in [0.05, 0.1) is 0 Å². The van der Waals surface area contributed by atoms with Crippen molar-refractivity contribution in [1.29, 1.82) is 0 Å². The summed E-state index contributed by atoms with van der Waals surface area (Å²) in [6.45, 7) is 5.93. The number of hydrogen-bond donors (Lipinski definition) is 1. The molecule has 0 radical (unpaired) electrons. The molecular formula is C16H23FN2O. The van der Waals surface area contributed by atoms with Crippen LogP contribution in [0.15, 0.2) is 18.2 Å². The lowest BCUT2D eigenvalue weighted by atomic mass is 9.85. The summed E-state index contributed by atoms with van der Waals surface area (Å²) in [6, 6.07) is 4.61. The molecule has 1 amide bonds. The van der Waals surface area contributed by atoms with E-state index in [1.807, 2.05) is 4.90 Å². The molecule has 0 saturated carbocycles. The highest BCUT2D eigenvalue weighted by Crippen LogP contribution is 2.31. The van der Waals surface area contributed by atoms with Crippen LogP contribution in [0, 0.1) is 11.2 Å². The molecule has 110 valence electrons. The molecule has 1 saturated heterocycles. The standard InChI is InChI=1S/C16H23FN2O/c1-16(2)6-5-15(20)19(8-7-16)11-13-9-14(17)4-3-12(13)10-18/h3-4,9H,5-8,10-11,18H2,1-2H3. The summed E-state index contributed by atoms with van der Waals surface area (Å²) in [4.78, 5) is 14.0. The molecule has 20 heavy (non-hydrogen) atoms. The molecule has 2 N–H and O–H groups in total. The number of amides is 1. The molecule has 1 heterocycles. The molecule has 0 unspecified atom stereocenters. The van der Waals surface area contributed by atoms with Crippen LogP contribution < -0.4 is 5.73 Å². The molecule has 0 atom stereocenters. The first kappa shape index (κ1) is 15.0. The third kappa shape index (κ3) is 3.57. The second-order valence-electron chi connectivity index (χ2n) is 6.35. The second kappa shape index (κ2) is 5.92. The first-order valence-corrected chi connectivity index (χ1v) is 7.16. The fraction of sp³-hybridized carbons (Fsp3) is 0.562. The Bertz CT molecular complexity index is 499. The van der Waals surface area contributed by atoms with Crippen LogP contribution in [0.1, 0.15) is 44.2 Å². The Hall–Kier alpha value is -1.42. The molecule has 0 aromatic heterocycles. The van der Waals surface area contributed by atoms with Crippen molar-refractivity contribution in [2.24, 2.45) is 11.1 Å². The Morgan fingerprint density at radius 3 is 2.75 bits per heavy atom. The summed E-state index contributed by atoms with van der Waals surface area (Å²) < 4.78 is 13.4. The van der Waals surface area contributed by atoms with E-state index in [9.17, 15) is 9.18 Å². The van der Waals surface area contributed by atoms with Crippen LogP contribution in [0.3, 0.4) is 0 Å². The van der Waals surface area contributed by atoms with E-state index >= 15 is 0 Å². The van der Waals surface area contributed by atoms with Gasteiger partial charge in [-0.1, -0.05) is 19.9 Å². The number of hydrogen-bond acceptors (Lipinski definition) is 2. The largest absolute Gasteiger partial charge is 0.338 e. The Kier molecular flexibility index (Phi) is 4.43. The van der Waals surface area contributed by atoms with Gasteiger partial charge in [0.1, 0.15) is 5.82 Å². The van der Waals surface area contributed by atoms with Crippen molar-refractivity contribution in [3.63, 3.8) is 0 Å². The average molecular weight is 278 g/mol. The molecule has 2 rings (SSSR count). The van der Waals surface area contributed by atoms with Crippen molar-refractivity contribution in [1.82, 2.24) is 4.90 Å². The number of rotatable bonds is 3. The van der Waals surface area contributed by atoms with Gasteiger partial charge in [0.2, 0.25) is 5.91 Å². The van der Waals surface area contributed by atoms with Gasteiger partial charge in [-0.3, -0.25) is 4.79 Å². The average Bonchev–Trinajstić information content (AvgIpc) is 2.52. The van der Waals surface area contributed by atoms with Gasteiger partial charge in [0, 0.05) is 26.1 Å². The zero-order valence-electron chi connectivity index (χ0n) is 12.3. The van der Waals surface area contributed by atoms with Crippen molar-refractivity contribution in [3.8, 4) is 0 Å². The second-order valence-corrected chi connectivity index (χ2v) is 6.35. The molecule has 1 aliphatic rings. The van der Waals surface area contributed by atoms with Gasteiger partial charge < -0.3 is 10.6 Å². The van der Waals surface area contributed by atoms with Crippen molar-refractivity contribution < 1.29 is 9.18 Å². The van der Waals surface area contributed by atoms with Gasteiger partial charge in [-0.25, -0.2) is 4.39 Å². The predicted octanol–water partition coefficient (Wildman–Crippen LogP) is 2.82. The van der Waals surface area contributed by atoms with Crippen molar-refractivity contribution >= 4 is 5.91 Å². The van der Waals surface area contributed by atoms with Gasteiger partial charge >= 0.3 is 0 Å². The van der Waals surface area contributed by atoms with E-state index in [-0.39, 0.29) is 17.1 Å². The van der Waals surface area contributed by atoms with Gasteiger partial charge in [-0.05, 0) is 41.5 Å². The fourth-order valence-electron chi connectivity index (χ4n) is 2.60. The molecule has 0 spiro atoms. The highest BCUT2D eigenvalue weighted by Gasteiger charge is 2.27. The minimum Gasteiger partial charge on any atom is -0.338 e. The molecule has 1 aliphatic heterocycles. The van der Waals surface area contributed by atoms with Crippen LogP contribution in [-0.2, 0) is 17.9 Å². The minimum absolute atomic E-state index is 0.155. The minimum atomic E-state index is -0.278.